The highest BCUT2D eigenvalue weighted by Crippen LogP contribution is 2.44. The van der Waals surface area contributed by atoms with Crippen molar-refractivity contribution in [3.05, 3.63) is 22.2 Å². The van der Waals surface area contributed by atoms with Crippen molar-refractivity contribution >= 4 is 31.9 Å². The molecule has 0 aromatic heterocycles. The van der Waals surface area contributed by atoms with Gasteiger partial charge in [0.2, 0.25) is 0 Å². The lowest BCUT2D eigenvalue weighted by atomic mass is 9.96. The third-order valence-corrected chi connectivity index (χ3v) is 5.37. The van der Waals surface area contributed by atoms with Crippen LogP contribution in [0.15, 0.2) is 16.6 Å². The lowest BCUT2D eigenvalue weighted by Gasteiger charge is -2.20. The lowest BCUT2D eigenvalue weighted by molar-refractivity contribution is 0.120. The molecule has 0 saturated carbocycles. The minimum atomic E-state index is 0.242. The molecule has 3 atom stereocenters. The molecule has 0 spiro atoms. The molecule has 0 aliphatic carbocycles. The number of hydrogen-bond acceptors (Lipinski definition) is 3. The van der Waals surface area contributed by atoms with E-state index in [0.717, 1.165) is 29.0 Å². The standard InChI is InChI=1S/C14H18Br2O3/c1-8-4-9(7-19-8)14(16)10-5-12(17-2)13(18-3)6-11(10)15/h5-6,8-9,14H,4,7H2,1-3H3. The third-order valence-electron chi connectivity index (χ3n) is 3.44. The van der Waals surface area contributed by atoms with Crippen molar-refractivity contribution in [1.29, 1.82) is 0 Å². The monoisotopic (exact) mass is 392 g/mol. The molecule has 1 aliphatic heterocycles. The van der Waals surface area contributed by atoms with Gasteiger partial charge in [0.25, 0.3) is 0 Å². The second kappa shape index (κ2) is 6.46. The fourth-order valence-electron chi connectivity index (χ4n) is 2.39. The summed E-state index contributed by atoms with van der Waals surface area (Å²) in [6.45, 7) is 2.90. The molecule has 0 N–H and O–H groups in total. The van der Waals surface area contributed by atoms with Crippen molar-refractivity contribution in [3.63, 3.8) is 0 Å². The van der Waals surface area contributed by atoms with Crippen molar-refractivity contribution in [2.24, 2.45) is 5.92 Å². The quantitative estimate of drug-likeness (QED) is 0.712. The second-order valence-electron chi connectivity index (χ2n) is 4.77. The molecule has 106 valence electrons. The van der Waals surface area contributed by atoms with Gasteiger partial charge in [-0.2, -0.15) is 0 Å². The number of rotatable bonds is 4. The van der Waals surface area contributed by atoms with E-state index in [9.17, 15) is 0 Å². The summed E-state index contributed by atoms with van der Waals surface area (Å²) in [4.78, 5) is 0.242. The van der Waals surface area contributed by atoms with Gasteiger partial charge in [-0.25, -0.2) is 0 Å². The van der Waals surface area contributed by atoms with Gasteiger partial charge in [-0.3, -0.25) is 0 Å². The summed E-state index contributed by atoms with van der Waals surface area (Å²) in [5.74, 6) is 1.95. The van der Waals surface area contributed by atoms with Gasteiger partial charge in [0.15, 0.2) is 11.5 Å². The maximum atomic E-state index is 5.65. The molecule has 1 fully saturated rings. The first kappa shape index (κ1) is 15.1. The van der Waals surface area contributed by atoms with Crippen molar-refractivity contribution < 1.29 is 14.2 Å². The molecule has 0 amide bonds. The molecule has 3 unspecified atom stereocenters. The first-order chi connectivity index (χ1) is 9.06. The molecular weight excluding hydrogens is 376 g/mol. The highest BCUT2D eigenvalue weighted by atomic mass is 79.9. The van der Waals surface area contributed by atoms with Crippen LogP contribution in [0.3, 0.4) is 0 Å². The van der Waals surface area contributed by atoms with Crippen LogP contribution in [0.25, 0.3) is 0 Å². The van der Waals surface area contributed by atoms with E-state index in [0.29, 0.717) is 12.0 Å². The van der Waals surface area contributed by atoms with E-state index in [1.165, 1.54) is 5.56 Å². The molecular formula is C14H18Br2O3. The molecule has 1 aliphatic rings. The van der Waals surface area contributed by atoms with E-state index in [-0.39, 0.29) is 4.83 Å². The summed E-state index contributed by atoms with van der Waals surface area (Å²) < 4.78 is 17.3. The van der Waals surface area contributed by atoms with Crippen LogP contribution in [-0.4, -0.2) is 26.9 Å². The summed E-state index contributed by atoms with van der Waals surface area (Å²) in [5, 5.41) is 0. The Morgan fingerprint density at radius 1 is 1.26 bits per heavy atom. The number of ether oxygens (including phenoxy) is 3. The van der Waals surface area contributed by atoms with Crippen LogP contribution in [0, 0.1) is 5.92 Å². The van der Waals surface area contributed by atoms with Crippen LogP contribution < -0.4 is 9.47 Å². The van der Waals surface area contributed by atoms with E-state index in [1.54, 1.807) is 14.2 Å². The molecule has 2 rings (SSSR count). The largest absolute Gasteiger partial charge is 0.493 e. The fourth-order valence-corrected chi connectivity index (χ4v) is 4.01. The lowest BCUT2D eigenvalue weighted by Crippen LogP contribution is -2.08. The van der Waals surface area contributed by atoms with Crippen molar-refractivity contribution in [2.75, 3.05) is 20.8 Å². The van der Waals surface area contributed by atoms with E-state index in [2.05, 4.69) is 38.8 Å². The molecule has 1 heterocycles. The minimum absolute atomic E-state index is 0.242. The maximum absolute atomic E-state index is 5.65. The molecule has 19 heavy (non-hydrogen) atoms. The first-order valence-electron chi connectivity index (χ1n) is 6.24. The fraction of sp³-hybridized carbons (Fsp3) is 0.571. The highest BCUT2D eigenvalue weighted by molar-refractivity contribution is 9.11. The predicted octanol–water partition coefficient (Wildman–Crippen LogP) is 4.33. The minimum Gasteiger partial charge on any atom is -0.493 e. The van der Waals surface area contributed by atoms with Crippen molar-refractivity contribution in [2.45, 2.75) is 24.3 Å². The number of halogens is 2. The van der Waals surface area contributed by atoms with Gasteiger partial charge in [-0.1, -0.05) is 31.9 Å². The number of benzene rings is 1. The van der Waals surface area contributed by atoms with Crippen LogP contribution in [0.4, 0.5) is 0 Å². The van der Waals surface area contributed by atoms with E-state index < -0.39 is 0 Å². The Balaban J connectivity index is 2.28. The zero-order chi connectivity index (χ0) is 14.0. The van der Waals surface area contributed by atoms with Gasteiger partial charge in [-0.15, -0.1) is 0 Å². The van der Waals surface area contributed by atoms with Gasteiger partial charge in [-0.05, 0) is 31.0 Å². The first-order valence-corrected chi connectivity index (χ1v) is 7.94. The van der Waals surface area contributed by atoms with Crippen LogP contribution in [0.5, 0.6) is 11.5 Å². The summed E-state index contributed by atoms with van der Waals surface area (Å²) in [7, 11) is 3.29. The van der Waals surface area contributed by atoms with Crippen LogP contribution in [0.1, 0.15) is 23.7 Å². The Bertz CT molecular complexity index is 451. The second-order valence-corrected chi connectivity index (χ2v) is 6.61. The average molecular weight is 394 g/mol. The van der Waals surface area contributed by atoms with Gasteiger partial charge >= 0.3 is 0 Å². The zero-order valence-electron chi connectivity index (χ0n) is 11.3. The van der Waals surface area contributed by atoms with E-state index in [4.69, 9.17) is 14.2 Å². The summed E-state index contributed by atoms with van der Waals surface area (Å²) in [6, 6.07) is 3.97. The Morgan fingerprint density at radius 3 is 2.42 bits per heavy atom. The van der Waals surface area contributed by atoms with Gasteiger partial charge in [0.1, 0.15) is 0 Å². The summed E-state index contributed by atoms with van der Waals surface area (Å²) >= 11 is 7.40. The Labute approximate surface area is 130 Å². The van der Waals surface area contributed by atoms with Gasteiger partial charge in [0, 0.05) is 15.2 Å². The molecule has 0 bridgehead atoms. The SMILES string of the molecule is COc1cc(Br)c(C(Br)C2COC(C)C2)cc1OC. The average Bonchev–Trinajstić information content (AvgIpc) is 2.84. The molecule has 5 heteroatoms. The van der Waals surface area contributed by atoms with Crippen LogP contribution in [0.2, 0.25) is 0 Å². The maximum Gasteiger partial charge on any atom is 0.161 e. The molecule has 3 nitrogen and oxygen atoms in total. The van der Waals surface area contributed by atoms with Gasteiger partial charge in [0.05, 0.1) is 26.9 Å². The zero-order valence-corrected chi connectivity index (χ0v) is 14.5. The third kappa shape index (κ3) is 3.26. The van der Waals surface area contributed by atoms with Crippen molar-refractivity contribution in [3.8, 4) is 11.5 Å². The van der Waals surface area contributed by atoms with Crippen LogP contribution in [-0.2, 0) is 4.74 Å². The summed E-state index contributed by atoms with van der Waals surface area (Å²) in [6.07, 6.45) is 1.40. The summed E-state index contributed by atoms with van der Waals surface area (Å²) in [5.41, 5.74) is 1.17. The molecule has 1 saturated heterocycles. The van der Waals surface area contributed by atoms with Crippen molar-refractivity contribution in [1.82, 2.24) is 0 Å². The normalized spacial score (nSPS) is 24.3. The Morgan fingerprint density at radius 2 is 1.89 bits per heavy atom. The molecule has 1 aromatic carbocycles. The van der Waals surface area contributed by atoms with Gasteiger partial charge < -0.3 is 14.2 Å². The molecule has 1 aromatic rings. The number of alkyl halides is 1. The number of methoxy groups -OCH3 is 2. The Hall–Kier alpha value is -0.260. The predicted molar refractivity (Wildman–Crippen MR) is 82.4 cm³/mol. The highest BCUT2D eigenvalue weighted by Gasteiger charge is 2.30. The molecule has 0 radical (unpaired) electrons. The van der Waals surface area contributed by atoms with Crippen LogP contribution >= 0.6 is 31.9 Å². The number of hydrogen-bond donors (Lipinski definition) is 0. The Kier molecular flexibility index (Phi) is 5.15. The van der Waals surface area contributed by atoms with E-state index in [1.807, 2.05) is 12.1 Å². The smallest absolute Gasteiger partial charge is 0.161 e. The topological polar surface area (TPSA) is 27.7 Å². The van der Waals surface area contributed by atoms with E-state index >= 15 is 0 Å².